The smallest absolute Gasteiger partial charge is 0.398 e. The van der Waals surface area contributed by atoms with Crippen LogP contribution in [0, 0.1) is 29.6 Å². The molecule has 1 aromatic carbocycles. The standard InChI is InChI=1S/C20H24O5S/c1-3-20(25-26(22,23)24)11-9-18-17-6-4-13-12-14(21)5-7-15(13)16(17)8-10-19(18,20)2/h1,5,7,12,16-18,21H,4,6,8-11H2,2H3,(H,22,23,24)/t16-,17-,18-,19+,20+/m1/s1. The SMILES string of the molecule is C#C[C@]1(OS(=O)(=O)O)CC[C@@H]2[C@@H]3CCc4cc(O)ccc4[C@H]3CC[C@@]21C. The van der Waals surface area contributed by atoms with E-state index < -0.39 is 21.4 Å². The first-order valence-corrected chi connectivity index (χ1v) is 10.5. The number of hydrogen-bond donors (Lipinski definition) is 2. The van der Waals surface area contributed by atoms with E-state index in [2.05, 4.69) is 5.92 Å². The van der Waals surface area contributed by atoms with Crippen LogP contribution >= 0.6 is 0 Å². The molecule has 3 aliphatic carbocycles. The maximum Gasteiger partial charge on any atom is 0.398 e. The van der Waals surface area contributed by atoms with Crippen molar-refractivity contribution in [3.8, 4) is 18.1 Å². The van der Waals surface area contributed by atoms with Gasteiger partial charge in [0.2, 0.25) is 0 Å². The van der Waals surface area contributed by atoms with Gasteiger partial charge in [-0.2, -0.15) is 8.42 Å². The minimum absolute atomic E-state index is 0.251. The van der Waals surface area contributed by atoms with Gasteiger partial charge in [0.1, 0.15) is 5.75 Å². The monoisotopic (exact) mass is 376 g/mol. The molecule has 0 aromatic heterocycles. The van der Waals surface area contributed by atoms with Gasteiger partial charge in [0.05, 0.1) is 0 Å². The van der Waals surface area contributed by atoms with Gasteiger partial charge in [-0.05, 0) is 79.5 Å². The molecule has 1 aromatic rings. The number of rotatable bonds is 2. The van der Waals surface area contributed by atoms with E-state index in [1.165, 1.54) is 11.1 Å². The summed E-state index contributed by atoms with van der Waals surface area (Å²) in [6.45, 7) is 2.03. The van der Waals surface area contributed by atoms with Crippen LogP contribution in [0.3, 0.4) is 0 Å². The minimum atomic E-state index is -4.62. The quantitative estimate of drug-likeness (QED) is 0.610. The Labute approximate surface area is 154 Å². The van der Waals surface area contributed by atoms with Crippen molar-refractivity contribution in [2.24, 2.45) is 17.3 Å². The predicted octanol–water partition coefficient (Wildman–Crippen LogP) is 3.44. The summed E-state index contributed by atoms with van der Waals surface area (Å²) in [4.78, 5) is 0. The molecule has 0 heterocycles. The maximum atomic E-state index is 11.5. The number of benzene rings is 1. The molecule has 0 unspecified atom stereocenters. The number of terminal acetylenes is 1. The lowest BCUT2D eigenvalue weighted by Crippen LogP contribution is -2.52. The van der Waals surface area contributed by atoms with Crippen LogP contribution in [-0.2, 0) is 21.0 Å². The molecular formula is C20H24O5S. The van der Waals surface area contributed by atoms with E-state index in [0.717, 1.165) is 32.1 Å². The van der Waals surface area contributed by atoms with Crippen molar-refractivity contribution in [2.75, 3.05) is 0 Å². The number of fused-ring (bicyclic) bond motifs is 5. The fourth-order valence-electron chi connectivity index (χ4n) is 6.14. The van der Waals surface area contributed by atoms with Crippen LogP contribution in [0.2, 0.25) is 0 Å². The second-order valence-corrected chi connectivity index (χ2v) is 9.30. The van der Waals surface area contributed by atoms with Crippen molar-refractivity contribution in [3.05, 3.63) is 29.3 Å². The van der Waals surface area contributed by atoms with E-state index in [9.17, 15) is 18.1 Å². The molecule has 5 atom stereocenters. The number of aryl methyl sites for hydroxylation is 1. The zero-order valence-corrected chi connectivity index (χ0v) is 15.6. The van der Waals surface area contributed by atoms with Crippen LogP contribution in [0.25, 0.3) is 0 Å². The molecular weight excluding hydrogens is 352 g/mol. The molecule has 0 radical (unpaired) electrons. The summed E-state index contributed by atoms with van der Waals surface area (Å²) in [6, 6.07) is 5.64. The number of aromatic hydroxyl groups is 1. The molecule has 0 saturated heterocycles. The third kappa shape index (κ3) is 2.49. The highest BCUT2D eigenvalue weighted by atomic mass is 32.3. The summed E-state index contributed by atoms with van der Waals surface area (Å²) in [5, 5.41) is 9.76. The van der Waals surface area contributed by atoms with Gasteiger partial charge >= 0.3 is 10.4 Å². The number of phenols is 1. The van der Waals surface area contributed by atoms with Gasteiger partial charge in [-0.25, -0.2) is 4.18 Å². The van der Waals surface area contributed by atoms with E-state index in [1.807, 2.05) is 19.1 Å². The molecule has 0 amide bonds. The van der Waals surface area contributed by atoms with Crippen LogP contribution in [0.5, 0.6) is 5.75 Å². The van der Waals surface area contributed by atoms with Gasteiger partial charge < -0.3 is 5.11 Å². The molecule has 4 rings (SSSR count). The van der Waals surface area contributed by atoms with E-state index in [0.29, 0.717) is 24.0 Å². The first-order valence-electron chi connectivity index (χ1n) is 9.17. The predicted molar refractivity (Wildman–Crippen MR) is 96.9 cm³/mol. The fraction of sp³-hybridized carbons (Fsp3) is 0.600. The molecule has 0 bridgehead atoms. The zero-order chi connectivity index (χ0) is 18.7. The highest BCUT2D eigenvalue weighted by Gasteiger charge is 2.63. The van der Waals surface area contributed by atoms with E-state index in [4.69, 9.17) is 10.6 Å². The molecule has 2 N–H and O–H groups in total. The second kappa shape index (κ2) is 5.72. The average molecular weight is 376 g/mol. The molecule has 2 saturated carbocycles. The summed E-state index contributed by atoms with van der Waals surface area (Å²) in [5.41, 5.74) is 0.763. The summed E-state index contributed by atoms with van der Waals surface area (Å²) < 4.78 is 37.4. The normalized spacial score (nSPS) is 38.7. The third-order valence-electron chi connectivity index (χ3n) is 7.31. The maximum absolute atomic E-state index is 11.5. The lowest BCUT2D eigenvalue weighted by molar-refractivity contribution is -0.0506. The Bertz CT molecular complexity index is 886. The Morgan fingerprint density at radius 1 is 1.27 bits per heavy atom. The Hall–Kier alpha value is -1.55. The van der Waals surface area contributed by atoms with Gasteiger partial charge in [0.25, 0.3) is 0 Å². The largest absolute Gasteiger partial charge is 0.508 e. The van der Waals surface area contributed by atoms with Gasteiger partial charge in [-0.3, -0.25) is 4.55 Å². The topological polar surface area (TPSA) is 83.8 Å². The molecule has 26 heavy (non-hydrogen) atoms. The fourth-order valence-corrected chi connectivity index (χ4v) is 6.83. The highest BCUT2D eigenvalue weighted by molar-refractivity contribution is 7.80. The summed E-state index contributed by atoms with van der Waals surface area (Å²) in [6.07, 6.45) is 10.5. The second-order valence-electron chi connectivity index (χ2n) is 8.28. The van der Waals surface area contributed by atoms with Crippen LogP contribution < -0.4 is 0 Å². The average Bonchev–Trinajstić information content (AvgIpc) is 2.86. The van der Waals surface area contributed by atoms with Crippen LogP contribution in [0.4, 0.5) is 0 Å². The number of phenolic OH excluding ortho intramolecular Hbond substituents is 1. The Balaban J connectivity index is 1.71. The highest BCUT2D eigenvalue weighted by Crippen LogP contribution is 2.65. The van der Waals surface area contributed by atoms with Crippen molar-refractivity contribution >= 4 is 10.4 Å². The molecule has 2 fully saturated rings. The van der Waals surface area contributed by atoms with E-state index in [1.54, 1.807) is 6.07 Å². The first-order chi connectivity index (χ1) is 12.2. The van der Waals surface area contributed by atoms with Crippen molar-refractivity contribution in [3.63, 3.8) is 0 Å². The van der Waals surface area contributed by atoms with Crippen LogP contribution in [-0.4, -0.2) is 23.7 Å². The first kappa shape index (κ1) is 17.8. The van der Waals surface area contributed by atoms with Crippen molar-refractivity contribution in [2.45, 2.75) is 57.0 Å². The van der Waals surface area contributed by atoms with Crippen molar-refractivity contribution < 1.29 is 22.3 Å². The van der Waals surface area contributed by atoms with Gasteiger partial charge in [0, 0.05) is 5.41 Å². The number of hydrogen-bond acceptors (Lipinski definition) is 4. The summed E-state index contributed by atoms with van der Waals surface area (Å²) >= 11 is 0. The molecule has 0 spiro atoms. The Morgan fingerprint density at radius 2 is 2.04 bits per heavy atom. The van der Waals surface area contributed by atoms with Gasteiger partial charge in [-0.1, -0.05) is 18.9 Å². The third-order valence-corrected chi connectivity index (χ3v) is 7.81. The molecule has 5 nitrogen and oxygen atoms in total. The zero-order valence-electron chi connectivity index (χ0n) is 14.8. The Morgan fingerprint density at radius 3 is 2.73 bits per heavy atom. The lowest BCUT2D eigenvalue weighted by Gasteiger charge is -2.52. The van der Waals surface area contributed by atoms with Crippen molar-refractivity contribution in [1.82, 2.24) is 0 Å². The summed E-state index contributed by atoms with van der Waals surface area (Å²) in [5.74, 6) is 3.96. The Kier molecular flexibility index (Phi) is 3.93. The molecule has 140 valence electrons. The lowest BCUT2D eigenvalue weighted by atomic mass is 9.53. The molecule has 3 aliphatic rings. The summed E-state index contributed by atoms with van der Waals surface area (Å²) in [7, 11) is -4.62. The van der Waals surface area contributed by atoms with E-state index in [-0.39, 0.29) is 5.92 Å². The van der Waals surface area contributed by atoms with Crippen molar-refractivity contribution in [1.29, 1.82) is 0 Å². The molecule has 6 heteroatoms. The minimum Gasteiger partial charge on any atom is -0.508 e. The molecule has 0 aliphatic heterocycles. The van der Waals surface area contributed by atoms with Gasteiger partial charge in [-0.15, -0.1) is 6.42 Å². The van der Waals surface area contributed by atoms with Crippen LogP contribution in [0.15, 0.2) is 18.2 Å². The van der Waals surface area contributed by atoms with Gasteiger partial charge in [0.15, 0.2) is 5.60 Å². The van der Waals surface area contributed by atoms with Crippen LogP contribution in [0.1, 0.15) is 56.1 Å². The van der Waals surface area contributed by atoms with E-state index >= 15 is 0 Å².